The van der Waals surface area contributed by atoms with Gasteiger partial charge in [-0.1, -0.05) is 36.4 Å². The summed E-state index contributed by atoms with van der Waals surface area (Å²) in [5.74, 6) is -0.600. The molecule has 0 radical (unpaired) electrons. The van der Waals surface area contributed by atoms with Gasteiger partial charge in [0.05, 0.1) is 17.2 Å². The predicted octanol–water partition coefficient (Wildman–Crippen LogP) is 4.45. The zero-order valence-corrected chi connectivity index (χ0v) is 17.8. The summed E-state index contributed by atoms with van der Waals surface area (Å²) in [6, 6.07) is 20.9. The third kappa shape index (κ3) is 5.82. The van der Waals surface area contributed by atoms with Crippen molar-refractivity contribution in [3.05, 3.63) is 84.7 Å². The first-order chi connectivity index (χ1) is 14.9. The summed E-state index contributed by atoms with van der Waals surface area (Å²) >= 11 is 0. The van der Waals surface area contributed by atoms with Gasteiger partial charge in [-0.05, 0) is 48.9 Å². The highest BCUT2D eigenvalue weighted by molar-refractivity contribution is 7.92. The van der Waals surface area contributed by atoms with E-state index in [9.17, 15) is 17.6 Å². The Morgan fingerprint density at radius 3 is 2.45 bits per heavy atom. The molecule has 0 aliphatic carbocycles. The number of nitrogens with one attached hydrogen (secondary N) is 1. The Hall–Kier alpha value is -3.39. The normalized spacial score (nSPS) is 11.0. The lowest BCUT2D eigenvalue weighted by atomic mass is 10.2. The maximum atomic E-state index is 13.5. The Bertz CT molecular complexity index is 1140. The molecule has 3 rings (SSSR count). The molecule has 0 heterocycles. The lowest BCUT2D eigenvalue weighted by Gasteiger charge is -2.19. The van der Waals surface area contributed by atoms with Gasteiger partial charge >= 0.3 is 0 Å². The van der Waals surface area contributed by atoms with Crippen molar-refractivity contribution in [2.24, 2.45) is 0 Å². The van der Waals surface area contributed by atoms with E-state index in [2.05, 4.69) is 5.32 Å². The molecule has 0 unspecified atom stereocenters. The number of rotatable bonds is 9. The van der Waals surface area contributed by atoms with Crippen LogP contribution >= 0.6 is 0 Å². The first-order valence-electron chi connectivity index (χ1n) is 9.69. The summed E-state index contributed by atoms with van der Waals surface area (Å²) < 4.78 is 45.8. The van der Waals surface area contributed by atoms with E-state index in [1.807, 2.05) is 6.07 Å². The van der Waals surface area contributed by atoms with Gasteiger partial charge in [-0.15, -0.1) is 0 Å². The maximum absolute atomic E-state index is 13.5. The smallest absolute Gasteiger partial charge is 0.264 e. The van der Waals surface area contributed by atoms with E-state index in [1.54, 1.807) is 48.5 Å². The van der Waals surface area contributed by atoms with Gasteiger partial charge in [0.1, 0.15) is 0 Å². The van der Waals surface area contributed by atoms with Crippen LogP contribution in [-0.2, 0) is 14.8 Å². The second-order valence-corrected chi connectivity index (χ2v) is 8.74. The molecule has 1 N–H and O–H groups in total. The molecule has 162 valence electrons. The Balaban J connectivity index is 1.57. The van der Waals surface area contributed by atoms with E-state index in [1.165, 1.54) is 35.6 Å². The lowest BCUT2D eigenvalue weighted by molar-refractivity contribution is -0.116. The summed E-state index contributed by atoms with van der Waals surface area (Å²) in [7, 11) is -2.30. The van der Waals surface area contributed by atoms with Gasteiger partial charge in [0.2, 0.25) is 5.91 Å². The largest absolute Gasteiger partial charge is 0.491 e. The van der Waals surface area contributed by atoms with Gasteiger partial charge in [-0.2, -0.15) is 0 Å². The zero-order valence-electron chi connectivity index (χ0n) is 17.0. The average molecular weight is 443 g/mol. The Morgan fingerprint density at radius 2 is 1.71 bits per heavy atom. The van der Waals surface area contributed by atoms with Crippen molar-refractivity contribution in [3.63, 3.8) is 0 Å². The number of para-hydroxylation sites is 2. The van der Waals surface area contributed by atoms with Crippen LogP contribution < -0.4 is 14.4 Å². The number of anilines is 2. The molecular formula is C23H23FN2O4S. The van der Waals surface area contributed by atoms with Crippen LogP contribution in [0.2, 0.25) is 0 Å². The van der Waals surface area contributed by atoms with Crippen LogP contribution in [0, 0.1) is 5.82 Å². The third-order valence-electron chi connectivity index (χ3n) is 4.54. The second kappa shape index (κ2) is 10.1. The molecule has 0 bridgehead atoms. The van der Waals surface area contributed by atoms with Gasteiger partial charge in [-0.25, -0.2) is 12.8 Å². The Kier molecular flexibility index (Phi) is 7.25. The second-order valence-electron chi connectivity index (χ2n) is 6.77. The molecule has 0 saturated carbocycles. The van der Waals surface area contributed by atoms with Crippen molar-refractivity contribution in [2.75, 3.05) is 23.3 Å². The molecule has 8 heteroatoms. The summed E-state index contributed by atoms with van der Waals surface area (Å²) in [4.78, 5) is 12.3. The highest BCUT2D eigenvalue weighted by atomic mass is 32.2. The number of amides is 1. The number of halogens is 1. The van der Waals surface area contributed by atoms with E-state index in [0.29, 0.717) is 17.8 Å². The molecule has 0 aliphatic heterocycles. The Morgan fingerprint density at radius 1 is 1.00 bits per heavy atom. The standard InChI is InChI=1S/C23H23FN2O4S/c1-26(19-10-3-2-4-11-19)31(28,29)20-12-7-9-18(17-20)25-23(27)15-8-16-30-22-14-6-5-13-21(22)24/h2-7,9-14,17H,8,15-16H2,1H3,(H,25,27). The number of carbonyl (C=O) groups excluding carboxylic acids is 1. The number of ether oxygens (including phenoxy) is 1. The monoisotopic (exact) mass is 442 g/mol. The van der Waals surface area contributed by atoms with Crippen molar-refractivity contribution in [3.8, 4) is 5.75 Å². The summed E-state index contributed by atoms with van der Waals surface area (Å²) in [6.45, 7) is 0.185. The van der Waals surface area contributed by atoms with E-state index in [-0.39, 0.29) is 29.6 Å². The number of benzene rings is 3. The first kappa shape index (κ1) is 22.3. The molecular weight excluding hydrogens is 419 g/mol. The SMILES string of the molecule is CN(c1ccccc1)S(=O)(=O)c1cccc(NC(=O)CCCOc2ccccc2F)c1. The molecule has 0 aromatic heterocycles. The van der Waals surface area contributed by atoms with Gasteiger partial charge in [0.25, 0.3) is 10.0 Å². The fourth-order valence-electron chi connectivity index (χ4n) is 2.87. The molecule has 31 heavy (non-hydrogen) atoms. The molecule has 0 fully saturated rings. The van der Waals surface area contributed by atoms with Gasteiger partial charge in [0.15, 0.2) is 11.6 Å². The van der Waals surface area contributed by atoms with Crippen LogP contribution in [0.15, 0.2) is 83.8 Å². The van der Waals surface area contributed by atoms with Crippen LogP contribution in [0.3, 0.4) is 0 Å². The minimum Gasteiger partial charge on any atom is -0.491 e. The van der Waals surface area contributed by atoms with Gasteiger partial charge < -0.3 is 10.1 Å². The molecule has 3 aromatic rings. The van der Waals surface area contributed by atoms with Gasteiger partial charge in [0, 0.05) is 19.2 Å². The molecule has 3 aromatic carbocycles. The summed E-state index contributed by atoms with van der Waals surface area (Å²) in [5.41, 5.74) is 0.911. The fourth-order valence-corrected chi connectivity index (χ4v) is 4.11. The van der Waals surface area contributed by atoms with Crippen molar-refractivity contribution < 1.29 is 22.3 Å². The topological polar surface area (TPSA) is 75.7 Å². The number of nitrogens with zero attached hydrogens (tertiary/aromatic N) is 1. The molecule has 1 amide bonds. The zero-order chi connectivity index (χ0) is 22.3. The van der Waals surface area contributed by atoms with Crippen LogP contribution in [0.25, 0.3) is 0 Å². The van der Waals surface area contributed by atoms with Crippen LogP contribution in [-0.4, -0.2) is 28.0 Å². The highest BCUT2D eigenvalue weighted by Gasteiger charge is 2.21. The minimum absolute atomic E-state index is 0.0690. The fraction of sp³-hybridized carbons (Fsp3) is 0.174. The molecule has 6 nitrogen and oxygen atoms in total. The predicted molar refractivity (Wildman–Crippen MR) is 118 cm³/mol. The number of hydrogen-bond acceptors (Lipinski definition) is 4. The molecule has 0 atom stereocenters. The van der Waals surface area contributed by atoms with Crippen LogP contribution in [0.1, 0.15) is 12.8 Å². The first-order valence-corrected chi connectivity index (χ1v) is 11.1. The lowest BCUT2D eigenvalue weighted by Crippen LogP contribution is -2.26. The average Bonchev–Trinajstić information content (AvgIpc) is 2.78. The van der Waals surface area contributed by atoms with E-state index in [4.69, 9.17) is 4.74 Å². The minimum atomic E-state index is -3.78. The number of carbonyl (C=O) groups is 1. The maximum Gasteiger partial charge on any atom is 0.264 e. The number of hydrogen-bond donors (Lipinski definition) is 1. The van der Waals surface area contributed by atoms with Crippen LogP contribution in [0.4, 0.5) is 15.8 Å². The quantitative estimate of drug-likeness (QED) is 0.497. The Labute approximate surface area is 181 Å². The molecule has 0 aliphatic rings. The summed E-state index contributed by atoms with van der Waals surface area (Å²) in [5, 5.41) is 2.69. The van der Waals surface area contributed by atoms with E-state index < -0.39 is 15.8 Å². The highest BCUT2D eigenvalue weighted by Crippen LogP contribution is 2.24. The third-order valence-corrected chi connectivity index (χ3v) is 6.32. The molecule has 0 spiro atoms. The molecule has 0 saturated heterocycles. The summed E-state index contributed by atoms with van der Waals surface area (Å²) in [6.07, 6.45) is 0.532. The van der Waals surface area contributed by atoms with Crippen molar-refractivity contribution in [1.29, 1.82) is 0 Å². The van der Waals surface area contributed by atoms with Crippen molar-refractivity contribution in [2.45, 2.75) is 17.7 Å². The van der Waals surface area contributed by atoms with Crippen molar-refractivity contribution in [1.82, 2.24) is 0 Å². The van der Waals surface area contributed by atoms with Gasteiger partial charge in [-0.3, -0.25) is 9.10 Å². The van der Waals surface area contributed by atoms with Crippen LogP contribution in [0.5, 0.6) is 5.75 Å². The van der Waals surface area contributed by atoms with Crippen molar-refractivity contribution >= 4 is 27.3 Å². The van der Waals surface area contributed by atoms with E-state index >= 15 is 0 Å². The van der Waals surface area contributed by atoms with E-state index in [0.717, 1.165) is 0 Å². The number of sulfonamides is 1.